The lowest BCUT2D eigenvalue weighted by Crippen LogP contribution is -2.29. The molecule has 19 heavy (non-hydrogen) atoms. The smallest absolute Gasteiger partial charge is 0.326 e. The average molecular weight is 274 g/mol. The van der Waals surface area contributed by atoms with Gasteiger partial charge in [-0.05, 0) is 23.8 Å². The summed E-state index contributed by atoms with van der Waals surface area (Å²) < 4.78 is 35.4. The second-order valence-electron chi connectivity index (χ2n) is 3.93. The summed E-state index contributed by atoms with van der Waals surface area (Å²) in [4.78, 5) is 26.7. The van der Waals surface area contributed by atoms with E-state index in [0.717, 1.165) is 0 Å². The highest BCUT2D eigenvalue weighted by atomic mass is 19.4. The molecule has 1 aromatic carbocycles. The van der Waals surface area contributed by atoms with E-state index >= 15 is 0 Å². The van der Waals surface area contributed by atoms with Crippen molar-refractivity contribution < 1.29 is 27.6 Å². The van der Waals surface area contributed by atoms with Gasteiger partial charge in [0.05, 0.1) is 6.42 Å². The molecule has 0 unspecified atom stereocenters. The molecule has 2 rings (SSSR count). The fraction of sp³-hybridized carbons (Fsp3) is 0.273. The van der Waals surface area contributed by atoms with Gasteiger partial charge in [0.15, 0.2) is 6.61 Å². The van der Waals surface area contributed by atoms with Gasteiger partial charge in [0.25, 0.3) is 5.91 Å². The number of hydrogen-bond donors (Lipinski definition) is 2. The third-order valence-corrected chi connectivity index (χ3v) is 2.39. The molecule has 0 radical (unpaired) electrons. The minimum absolute atomic E-state index is 0.123. The minimum atomic E-state index is -4.51. The summed E-state index contributed by atoms with van der Waals surface area (Å²) in [5.74, 6) is -0.993. The Morgan fingerprint density at radius 2 is 2.16 bits per heavy atom. The zero-order chi connectivity index (χ0) is 14.0. The Labute approximate surface area is 105 Å². The molecule has 1 aromatic rings. The maximum atomic E-state index is 11.8. The molecule has 8 heteroatoms. The van der Waals surface area contributed by atoms with Gasteiger partial charge in [-0.25, -0.2) is 5.48 Å². The molecule has 1 aliphatic rings. The van der Waals surface area contributed by atoms with Crippen molar-refractivity contribution in [2.75, 3.05) is 11.9 Å². The Hall–Kier alpha value is -2.09. The second kappa shape index (κ2) is 4.88. The maximum Gasteiger partial charge on any atom is 0.414 e. The predicted molar refractivity (Wildman–Crippen MR) is 58.2 cm³/mol. The topological polar surface area (TPSA) is 67.4 Å². The average Bonchev–Trinajstić information content (AvgIpc) is 2.65. The normalized spacial score (nSPS) is 13.9. The molecule has 0 saturated carbocycles. The SMILES string of the molecule is O=C1Cc2cc(C(=O)NOCC(F)(F)F)ccc2N1. The number of nitrogens with one attached hydrogen (secondary N) is 2. The van der Waals surface area contributed by atoms with Crippen molar-refractivity contribution in [3.05, 3.63) is 29.3 Å². The number of carbonyl (C=O) groups is 2. The highest BCUT2D eigenvalue weighted by Crippen LogP contribution is 2.23. The van der Waals surface area contributed by atoms with Crippen molar-refractivity contribution in [1.29, 1.82) is 0 Å². The molecular formula is C11H9F3N2O3. The van der Waals surface area contributed by atoms with Gasteiger partial charge in [0, 0.05) is 11.3 Å². The molecule has 0 atom stereocenters. The van der Waals surface area contributed by atoms with Crippen molar-refractivity contribution in [2.45, 2.75) is 12.6 Å². The molecule has 2 amide bonds. The third-order valence-electron chi connectivity index (χ3n) is 2.39. The van der Waals surface area contributed by atoms with Gasteiger partial charge in [0.2, 0.25) is 5.91 Å². The molecule has 102 valence electrons. The van der Waals surface area contributed by atoms with E-state index in [0.29, 0.717) is 11.3 Å². The Morgan fingerprint density at radius 3 is 2.84 bits per heavy atom. The fourth-order valence-corrected chi connectivity index (χ4v) is 1.61. The number of rotatable bonds is 3. The fourth-order valence-electron chi connectivity index (χ4n) is 1.61. The van der Waals surface area contributed by atoms with Gasteiger partial charge in [-0.2, -0.15) is 13.2 Å². The maximum absolute atomic E-state index is 11.8. The minimum Gasteiger partial charge on any atom is -0.326 e. The van der Waals surface area contributed by atoms with Gasteiger partial charge in [0.1, 0.15) is 0 Å². The summed E-state index contributed by atoms with van der Waals surface area (Å²) in [6.07, 6.45) is -4.37. The van der Waals surface area contributed by atoms with Gasteiger partial charge >= 0.3 is 6.18 Å². The van der Waals surface area contributed by atoms with E-state index in [1.165, 1.54) is 18.2 Å². The molecule has 1 heterocycles. The molecule has 1 aliphatic heterocycles. The lowest BCUT2D eigenvalue weighted by Gasteiger charge is -2.08. The summed E-state index contributed by atoms with van der Waals surface area (Å²) >= 11 is 0. The van der Waals surface area contributed by atoms with E-state index in [-0.39, 0.29) is 17.9 Å². The van der Waals surface area contributed by atoms with Crippen LogP contribution in [0.2, 0.25) is 0 Å². The van der Waals surface area contributed by atoms with Crippen LogP contribution in [0.4, 0.5) is 18.9 Å². The number of carbonyl (C=O) groups excluding carboxylic acids is 2. The number of hydrogen-bond acceptors (Lipinski definition) is 3. The lowest BCUT2D eigenvalue weighted by molar-refractivity contribution is -0.184. The van der Waals surface area contributed by atoms with E-state index in [4.69, 9.17) is 0 Å². The molecule has 0 aliphatic carbocycles. The van der Waals surface area contributed by atoms with Gasteiger partial charge < -0.3 is 5.32 Å². The van der Waals surface area contributed by atoms with Crippen LogP contribution in [-0.4, -0.2) is 24.6 Å². The van der Waals surface area contributed by atoms with Crippen molar-refractivity contribution >= 4 is 17.5 Å². The number of halogens is 3. The summed E-state index contributed by atoms with van der Waals surface area (Å²) in [5.41, 5.74) is 3.03. The van der Waals surface area contributed by atoms with E-state index in [1.807, 2.05) is 0 Å². The van der Waals surface area contributed by atoms with Crippen LogP contribution in [0, 0.1) is 0 Å². The van der Waals surface area contributed by atoms with Crippen LogP contribution in [0.25, 0.3) is 0 Å². The molecule has 0 aromatic heterocycles. The zero-order valence-electron chi connectivity index (χ0n) is 9.50. The van der Waals surface area contributed by atoms with Crippen LogP contribution in [0.3, 0.4) is 0 Å². The van der Waals surface area contributed by atoms with E-state index in [1.54, 1.807) is 5.48 Å². The molecule has 5 nitrogen and oxygen atoms in total. The number of alkyl halides is 3. The molecule has 0 spiro atoms. The Kier molecular flexibility index (Phi) is 3.43. The van der Waals surface area contributed by atoms with Crippen LogP contribution < -0.4 is 10.8 Å². The van der Waals surface area contributed by atoms with Crippen molar-refractivity contribution in [1.82, 2.24) is 5.48 Å². The van der Waals surface area contributed by atoms with Crippen LogP contribution >= 0.6 is 0 Å². The number of amides is 2. The number of anilines is 1. The molecule has 0 fully saturated rings. The highest BCUT2D eigenvalue weighted by Gasteiger charge is 2.28. The van der Waals surface area contributed by atoms with Crippen LogP contribution in [-0.2, 0) is 16.1 Å². The quantitative estimate of drug-likeness (QED) is 0.819. The summed E-state index contributed by atoms with van der Waals surface area (Å²) in [6.45, 7) is -1.57. The standard InChI is InChI=1S/C11H9F3N2O3/c12-11(13,14)5-19-16-10(18)6-1-2-8-7(3-6)4-9(17)15-8/h1-3H,4-5H2,(H,15,17)(H,16,18). The third kappa shape index (κ3) is 3.44. The largest absolute Gasteiger partial charge is 0.414 e. The van der Waals surface area contributed by atoms with E-state index < -0.39 is 18.7 Å². The van der Waals surface area contributed by atoms with Crippen molar-refractivity contribution in [3.63, 3.8) is 0 Å². The molecule has 0 saturated heterocycles. The second-order valence-corrected chi connectivity index (χ2v) is 3.93. The molecular weight excluding hydrogens is 265 g/mol. The monoisotopic (exact) mass is 274 g/mol. The first-order valence-electron chi connectivity index (χ1n) is 5.27. The summed E-state index contributed by atoms with van der Waals surface area (Å²) in [5, 5.41) is 2.58. The van der Waals surface area contributed by atoms with Gasteiger partial charge in [-0.1, -0.05) is 0 Å². The summed E-state index contributed by atoms with van der Waals surface area (Å²) in [6, 6.07) is 4.33. The van der Waals surface area contributed by atoms with Gasteiger partial charge in [-0.3, -0.25) is 14.4 Å². The Morgan fingerprint density at radius 1 is 1.42 bits per heavy atom. The van der Waals surface area contributed by atoms with E-state index in [2.05, 4.69) is 10.2 Å². The van der Waals surface area contributed by atoms with Crippen molar-refractivity contribution in [3.8, 4) is 0 Å². The first-order valence-corrected chi connectivity index (χ1v) is 5.27. The number of hydroxylamine groups is 1. The zero-order valence-corrected chi connectivity index (χ0v) is 9.50. The van der Waals surface area contributed by atoms with Crippen molar-refractivity contribution in [2.24, 2.45) is 0 Å². The number of benzene rings is 1. The Balaban J connectivity index is 1.97. The lowest BCUT2D eigenvalue weighted by atomic mass is 10.1. The Bertz CT molecular complexity index is 528. The molecule has 2 N–H and O–H groups in total. The highest BCUT2D eigenvalue weighted by molar-refractivity contribution is 6.01. The van der Waals surface area contributed by atoms with E-state index in [9.17, 15) is 22.8 Å². The van der Waals surface area contributed by atoms with Crippen LogP contribution in [0.15, 0.2) is 18.2 Å². The summed E-state index contributed by atoms with van der Waals surface area (Å²) in [7, 11) is 0. The number of fused-ring (bicyclic) bond motifs is 1. The molecule has 0 bridgehead atoms. The van der Waals surface area contributed by atoms with Crippen LogP contribution in [0.5, 0.6) is 0 Å². The van der Waals surface area contributed by atoms with Gasteiger partial charge in [-0.15, -0.1) is 0 Å². The van der Waals surface area contributed by atoms with Crippen LogP contribution in [0.1, 0.15) is 15.9 Å². The first-order chi connectivity index (χ1) is 8.85. The first kappa shape index (κ1) is 13.3. The predicted octanol–water partition coefficient (Wildman–Crippen LogP) is 1.40.